The first-order chi connectivity index (χ1) is 10.0. The van der Waals surface area contributed by atoms with Crippen molar-refractivity contribution in [1.29, 1.82) is 0 Å². The highest BCUT2D eigenvalue weighted by atomic mass is 79.9. The molecule has 6 heteroatoms. The molecule has 0 heterocycles. The summed E-state index contributed by atoms with van der Waals surface area (Å²) >= 11 is 2.93. The minimum Gasteiger partial charge on any atom is -0.493 e. The molecule has 0 aliphatic rings. The minimum absolute atomic E-state index is 0.00844. The minimum atomic E-state index is -0.954. The summed E-state index contributed by atoms with van der Waals surface area (Å²) in [6, 6.07) is 6.77. The van der Waals surface area contributed by atoms with E-state index in [1.807, 2.05) is 0 Å². The quantitative estimate of drug-likeness (QED) is 0.614. The van der Waals surface area contributed by atoms with E-state index >= 15 is 0 Å². The van der Waals surface area contributed by atoms with Crippen molar-refractivity contribution < 1.29 is 23.0 Å². The van der Waals surface area contributed by atoms with Gasteiger partial charge in [0.25, 0.3) is 0 Å². The second kappa shape index (κ2) is 6.22. The maximum Gasteiger partial charge on any atom is 0.202 e. The van der Waals surface area contributed by atoms with E-state index in [-0.39, 0.29) is 15.8 Å². The van der Waals surface area contributed by atoms with E-state index in [1.165, 1.54) is 26.4 Å². The number of hydrogen-bond acceptors (Lipinski definition) is 3. The number of para-hydroxylation sites is 1. The molecule has 0 spiro atoms. The first-order valence-electron chi connectivity index (χ1n) is 5.90. The van der Waals surface area contributed by atoms with Gasteiger partial charge < -0.3 is 9.47 Å². The molecule has 2 aromatic carbocycles. The average Bonchev–Trinajstić information content (AvgIpc) is 2.50. The Bertz CT molecular complexity index is 702. The number of rotatable bonds is 4. The average molecular weight is 357 g/mol. The number of carbonyl (C=O) groups is 1. The molecule has 21 heavy (non-hydrogen) atoms. The predicted molar refractivity (Wildman–Crippen MR) is 77.0 cm³/mol. The Labute approximate surface area is 128 Å². The summed E-state index contributed by atoms with van der Waals surface area (Å²) < 4.78 is 38.1. The third kappa shape index (κ3) is 2.76. The highest BCUT2D eigenvalue weighted by molar-refractivity contribution is 9.10. The Kier molecular flexibility index (Phi) is 4.57. The zero-order chi connectivity index (χ0) is 15.6. The van der Waals surface area contributed by atoms with Crippen molar-refractivity contribution in [3.8, 4) is 11.5 Å². The molecule has 0 fully saturated rings. The number of methoxy groups -OCH3 is 2. The molecule has 0 saturated heterocycles. The summed E-state index contributed by atoms with van der Waals surface area (Å²) in [5.74, 6) is -2.28. The molecule has 0 radical (unpaired) electrons. The third-order valence-electron chi connectivity index (χ3n) is 2.92. The molecule has 0 atom stereocenters. The molecule has 0 saturated carbocycles. The van der Waals surface area contributed by atoms with Crippen LogP contribution in [-0.2, 0) is 0 Å². The van der Waals surface area contributed by atoms with E-state index in [1.54, 1.807) is 12.1 Å². The molecule has 0 aliphatic carbocycles. The maximum absolute atomic E-state index is 14.0. The summed E-state index contributed by atoms with van der Waals surface area (Å²) in [7, 11) is 2.76. The lowest BCUT2D eigenvalue weighted by Gasteiger charge is -2.12. The van der Waals surface area contributed by atoms with E-state index in [9.17, 15) is 13.6 Å². The van der Waals surface area contributed by atoms with Crippen LogP contribution >= 0.6 is 15.9 Å². The molecule has 0 aliphatic heterocycles. The van der Waals surface area contributed by atoms with Crippen molar-refractivity contribution in [1.82, 2.24) is 0 Å². The Morgan fingerprint density at radius 1 is 1.10 bits per heavy atom. The van der Waals surface area contributed by atoms with E-state index in [4.69, 9.17) is 9.47 Å². The van der Waals surface area contributed by atoms with Gasteiger partial charge in [0.05, 0.1) is 29.8 Å². The molecule has 3 nitrogen and oxygen atoms in total. The van der Waals surface area contributed by atoms with Crippen LogP contribution in [0.4, 0.5) is 8.78 Å². The van der Waals surface area contributed by atoms with Crippen molar-refractivity contribution in [2.45, 2.75) is 0 Å². The number of hydrogen-bond donors (Lipinski definition) is 0. The Morgan fingerprint density at radius 3 is 2.43 bits per heavy atom. The van der Waals surface area contributed by atoms with E-state index < -0.39 is 23.0 Å². The van der Waals surface area contributed by atoms with Gasteiger partial charge in [-0.1, -0.05) is 6.07 Å². The zero-order valence-corrected chi connectivity index (χ0v) is 12.8. The SMILES string of the molecule is COc1cccc(C(=O)c2c(F)ccc(Br)c2F)c1OC. The van der Waals surface area contributed by atoms with Crippen molar-refractivity contribution in [2.75, 3.05) is 14.2 Å². The van der Waals surface area contributed by atoms with Crippen LogP contribution in [0.3, 0.4) is 0 Å². The van der Waals surface area contributed by atoms with E-state index in [0.717, 1.165) is 6.07 Å². The molecule has 0 unspecified atom stereocenters. The second-order valence-corrected chi connectivity index (χ2v) is 4.94. The number of carbonyl (C=O) groups excluding carboxylic acids is 1. The van der Waals surface area contributed by atoms with Crippen molar-refractivity contribution >= 4 is 21.7 Å². The zero-order valence-electron chi connectivity index (χ0n) is 11.2. The standard InChI is InChI=1S/C15H11BrF2O3/c1-20-11-5-3-4-8(15(11)21-2)14(19)12-10(17)7-6-9(16)13(12)18/h3-7H,1-2H3. The van der Waals surface area contributed by atoms with Crippen molar-refractivity contribution in [2.24, 2.45) is 0 Å². The first kappa shape index (κ1) is 15.4. The van der Waals surface area contributed by atoms with Crippen LogP contribution in [0.25, 0.3) is 0 Å². The highest BCUT2D eigenvalue weighted by Gasteiger charge is 2.25. The summed E-state index contributed by atoms with van der Waals surface area (Å²) in [6.45, 7) is 0. The molecular weight excluding hydrogens is 346 g/mol. The van der Waals surface area contributed by atoms with Crippen LogP contribution < -0.4 is 9.47 Å². The van der Waals surface area contributed by atoms with Crippen LogP contribution in [-0.4, -0.2) is 20.0 Å². The lowest BCUT2D eigenvalue weighted by Crippen LogP contribution is -2.10. The highest BCUT2D eigenvalue weighted by Crippen LogP contribution is 2.33. The van der Waals surface area contributed by atoms with Crippen LogP contribution in [0.5, 0.6) is 11.5 Å². The van der Waals surface area contributed by atoms with Gasteiger partial charge in [-0.05, 0) is 40.2 Å². The predicted octanol–water partition coefficient (Wildman–Crippen LogP) is 3.98. The molecule has 0 N–H and O–H groups in total. The molecule has 2 aromatic rings. The summed E-state index contributed by atoms with van der Waals surface area (Å²) in [5, 5.41) is 0. The van der Waals surface area contributed by atoms with Gasteiger partial charge in [0.1, 0.15) is 5.82 Å². The van der Waals surface area contributed by atoms with Crippen LogP contribution in [0.1, 0.15) is 15.9 Å². The number of ketones is 1. The van der Waals surface area contributed by atoms with Gasteiger partial charge in [-0.15, -0.1) is 0 Å². The number of ether oxygens (including phenoxy) is 2. The van der Waals surface area contributed by atoms with Gasteiger partial charge in [-0.25, -0.2) is 8.78 Å². The third-order valence-corrected chi connectivity index (χ3v) is 3.53. The lowest BCUT2D eigenvalue weighted by molar-refractivity contribution is 0.102. The topological polar surface area (TPSA) is 35.5 Å². The van der Waals surface area contributed by atoms with E-state index in [0.29, 0.717) is 5.75 Å². The molecule has 0 bridgehead atoms. The van der Waals surface area contributed by atoms with Crippen LogP contribution in [0.2, 0.25) is 0 Å². The molecule has 110 valence electrons. The Hall–Kier alpha value is -1.95. The van der Waals surface area contributed by atoms with Gasteiger partial charge in [0.2, 0.25) is 5.78 Å². The normalized spacial score (nSPS) is 10.3. The first-order valence-corrected chi connectivity index (χ1v) is 6.69. The van der Waals surface area contributed by atoms with Crippen LogP contribution in [0.15, 0.2) is 34.8 Å². The van der Waals surface area contributed by atoms with Crippen molar-refractivity contribution in [3.05, 3.63) is 57.6 Å². The largest absolute Gasteiger partial charge is 0.493 e. The fourth-order valence-electron chi connectivity index (χ4n) is 1.94. The molecule has 0 amide bonds. The Balaban J connectivity index is 2.64. The molecule has 0 aromatic heterocycles. The monoisotopic (exact) mass is 356 g/mol. The summed E-state index contributed by atoms with van der Waals surface area (Å²) in [4.78, 5) is 12.5. The number of benzene rings is 2. The van der Waals surface area contributed by atoms with E-state index in [2.05, 4.69) is 15.9 Å². The fraction of sp³-hybridized carbons (Fsp3) is 0.133. The fourth-order valence-corrected chi connectivity index (χ4v) is 2.27. The summed E-state index contributed by atoms with van der Waals surface area (Å²) in [6.07, 6.45) is 0. The van der Waals surface area contributed by atoms with Crippen molar-refractivity contribution in [3.63, 3.8) is 0 Å². The maximum atomic E-state index is 14.0. The second-order valence-electron chi connectivity index (χ2n) is 4.09. The van der Waals surface area contributed by atoms with Gasteiger partial charge in [-0.2, -0.15) is 0 Å². The van der Waals surface area contributed by atoms with Gasteiger partial charge in [0.15, 0.2) is 17.3 Å². The Morgan fingerprint density at radius 2 is 1.81 bits per heavy atom. The number of halogens is 3. The molecule has 2 rings (SSSR count). The summed E-state index contributed by atoms with van der Waals surface area (Å²) in [5.41, 5.74) is -0.622. The van der Waals surface area contributed by atoms with Crippen LogP contribution in [0, 0.1) is 11.6 Å². The smallest absolute Gasteiger partial charge is 0.202 e. The van der Waals surface area contributed by atoms with Gasteiger partial charge in [0, 0.05) is 0 Å². The lowest BCUT2D eigenvalue weighted by atomic mass is 10.0. The van der Waals surface area contributed by atoms with Gasteiger partial charge >= 0.3 is 0 Å². The molecular formula is C15H11BrF2O3. The van der Waals surface area contributed by atoms with Gasteiger partial charge in [-0.3, -0.25) is 4.79 Å².